The number of hydrogen-bond donors (Lipinski definition) is 1. The summed E-state index contributed by atoms with van der Waals surface area (Å²) in [5, 5.41) is 2.54. The molecular weight excluding hydrogens is 258 g/mol. The monoisotopic (exact) mass is 279 g/mol. The van der Waals surface area contributed by atoms with E-state index in [1.165, 1.54) is 5.56 Å². The Balaban J connectivity index is 2.15. The molecule has 1 aromatic carbocycles. The van der Waals surface area contributed by atoms with Gasteiger partial charge in [0, 0.05) is 6.54 Å². The molecule has 5 nitrogen and oxygen atoms in total. The van der Waals surface area contributed by atoms with Crippen LogP contribution in [0, 0.1) is 0 Å². The Morgan fingerprint density at radius 2 is 1.85 bits per heavy atom. The summed E-state index contributed by atoms with van der Waals surface area (Å²) in [6.07, 6.45) is 2.69. The average molecular weight is 279 g/mol. The second kappa shape index (κ2) is 8.96. The maximum absolute atomic E-state index is 11.2. The fourth-order valence-corrected chi connectivity index (χ4v) is 1.72. The number of unbranched alkanes of at least 4 members (excludes halogenated alkanes) is 1. The van der Waals surface area contributed by atoms with Crippen LogP contribution in [0.25, 0.3) is 0 Å². The molecule has 0 unspecified atom stereocenters. The van der Waals surface area contributed by atoms with Crippen molar-refractivity contribution in [2.75, 3.05) is 20.3 Å². The minimum Gasteiger partial charge on any atom is -0.497 e. The lowest BCUT2D eigenvalue weighted by Gasteiger charge is -2.05. The summed E-state index contributed by atoms with van der Waals surface area (Å²) in [4.78, 5) is 22.3. The van der Waals surface area contributed by atoms with Gasteiger partial charge in [-0.1, -0.05) is 12.1 Å². The molecule has 1 N–H and O–H groups in total. The van der Waals surface area contributed by atoms with Crippen LogP contribution in [0.1, 0.15) is 25.3 Å². The van der Waals surface area contributed by atoms with Crippen molar-refractivity contribution in [3.8, 4) is 5.75 Å². The van der Waals surface area contributed by atoms with Crippen LogP contribution in [0.5, 0.6) is 5.75 Å². The molecule has 1 amide bonds. The average Bonchev–Trinajstić information content (AvgIpc) is 2.47. The minimum atomic E-state index is -0.817. The molecule has 110 valence electrons. The summed E-state index contributed by atoms with van der Waals surface area (Å²) >= 11 is 0. The molecule has 0 aliphatic heterocycles. The third-order valence-electron chi connectivity index (χ3n) is 2.80. The molecule has 20 heavy (non-hydrogen) atoms. The quantitative estimate of drug-likeness (QED) is 0.469. The summed E-state index contributed by atoms with van der Waals surface area (Å²) in [5.74, 6) is -0.644. The van der Waals surface area contributed by atoms with E-state index in [2.05, 4.69) is 10.1 Å². The van der Waals surface area contributed by atoms with Crippen molar-refractivity contribution in [1.82, 2.24) is 5.32 Å². The van der Waals surface area contributed by atoms with Crippen LogP contribution in [0.15, 0.2) is 24.3 Å². The zero-order valence-corrected chi connectivity index (χ0v) is 12.0. The molecule has 0 fully saturated rings. The zero-order chi connectivity index (χ0) is 14.8. The smallest absolute Gasteiger partial charge is 0.396 e. The van der Waals surface area contributed by atoms with Gasteiger partial charge in [-0.3, -0.25) is 4.79 Å². The fourth-order valence-electron chi connectivity index (χ4n) is 1.72. The number of rotatable bonds is 7. The van der Waals surface area contributed by atoms with Gasteiger partial charge < -0.3 is 14.8 Å². The minimum absolute atomic E-state index is 0.212. The number of methoxy groups -OCH3 is 1. The van der Waals surface area contributed by atoms with Crippen LogP contribution in [0.2, 0.25) is 0 Å². The Hall–Kier alpha value is -2.04. The maximum atomic E-state index is 11.2. The van der Waals surface area contributed by atoms with Gasteiger partial charge in [0.2, 0.25) is 0 Å². The number of hydrogen-bond acceptors (Lipinski definition) is 4. The van der Waals surface area contributed by atoms with Gasteiger partial charge >= 0.3 is 11.9 Å². The summed E-state index contributed by atoms with van der Waals surface area (Å²) in [5.41, 5.74) is 1.22. The van der Waals surface area contributed by atoms with Crippen molar-refractivity contribution >= 4 is 11.9 Å². The molecular formula is C15H21NO4. The maximum Gasteiger partial charge on any atom is 0.396 e. The summed E-state index contributed by atoms with van der Waals surface area (Å²) in [7, 11) is 1.64. The number of nitrogens with one attached hydrogen (secondary N) is 1. The Kier molecular flexibility index (Phi) is 7.17. The zero-order valence-electron chi connectivity index (χ0n) is 12.0. The van der Waals surface area contributed by atoms with Crippen LogP contribution in [0.4, 0.5) is 0 Å². The van der Waals surface area contributed by atoms with E-state index in [9.17, 15) is 9.59 Å². The second-order valence-corrected chi connectivity index (χ2v) is 4.28. The molecule has 0 aromatic heterocycles. The van der Waals surface area contributed by atoms with Crippen LogP contribution < -0.4 is 10.1 Å². The highest BCUT2D eigenvalue weighted by Gasteiger charge is 2.12. The predicted octanol–water partition coefficient (Wildman–Crippen LogP) is 1.70. The molecule has 0 atom stereocenters. The molecule has 0 radical (unpaired) electrons. The van der Waals surface area contributed by atoms with E-state index >= 15 is 0 Å². The van der Waals surface area contributed by atoms with Gasteiger partial charge in [-0.2, -0.15) is 0 Å². The molecule has 0 aliphatic carbocycles. The van der Waals surface area contributed by atoms with E-state index < -0.39 is 11.9 Å². The van der Waals surface area contributed by atoms with E-state index in [-0.39, 0.29) is 6.61 Å². The lowest BCUT2D eigenvalue weighted by molar-refractivity contribution is -0.154. The van der Waals surface area contributed by atoms with Crippen molar-refractivity contribution in [3.05, 3.63) is 29.8 Å². The first kappa shape index (κ1) is 16.0. The Morgan fingerprint density at radius 3 is 2.45 bits per heavy atom. The van der Waals surface area contributed by atoms with Crippen LogP contribution >= 0.6 is 0 Å². The fraction of sp³-hybridized carbons (Fsp3) is 0.467. The number of carbonyl (C=O) groups excluding carboxylic acids is 2. The first-order valence-electron chi connectivity index (χ1n) is 6.75. The molecule has 5 heteroatoms. The van der Waals surface area contributed by atoms with Crippen molar-refractivity contribution in [3.63, 3.8) is 0 Å². The van der Waals surface area contributed by atoms with Crippen molar-refractivity contribution in [2.45, 2.75) is 26.2 Å². The highest BCUT2D eigenvalue weighted by molar-refractivity contribution is 6.32. The number of ether oxygens (including phenoxy) is 2. The van der Waals surface area contributed by atoms with Gasteiger partial charge in [0.1, 0.15) is 5.75 Å². The largest absolute Gasteiger partial charge is 0.497 e. The number of carbonyl (C=O) groups is 2. The van der Waals surface area contributed by atoms with E-state index in [1.807, 2.05) is 24.3 Å². The number of benzene rings is 1. The van der Waals surface area contributed by atoms with Crippen LogP contribution in [-0.4, -0.2) is 32.1 Å². The molecule has 1 aromatic rings. The first-order valence-corrected chi connectivity index (χ1v) is 6.75. The molecule has 0 heterocycles. The van der Waals surface area contributed by atoms with Gasteiger partial charge in [0.15, 0.2) is 0 Å². The van der Waals surface area contributed by atoms with E-state index in [0.717, 1.165) is 25.0 Å². The van der Waals surface area contributed by atoms with Gasteiger partial charge in [0.05, 0.1) is 13.7 Å². The van der Waals surface area contributed by atoms with Gasteiger partial charge in [-0.05, 0) is 43.9 Å². The molecule has 0 saturated heterocycles. The Labute approximate surface area is 119 Å². The molecule has 0 spiro atoms. The summed E-state index contributed by atoms with van der Waals surface area (Å²) in [6.45, 7) is 2.36. The van der Waals surface area contributed by atoms with Gasteiger partial charge in [0.25, 0.3) is 0 Å². The van der Waals surface area contributed by atoms with Gasteiger partial charge in [-0.25, -0.2) is 4.79 Å². The number of esters is 1. The van der Waals surface area contributed by atoms with Crippen molar-refractivity contribution < 1.29 is 19.1 Å². The summed E-state index contributed by atoms with van der Waals surface area (Å²) in [6, 6.07) is 7.90. The van der Waals surface area contributed by atoms with E-state index in [0.29, 0.717) is 6.54 Å². The lowest BCUT2D eigenvalue weighted by Crippen LogP contribution is -2.33. The summed E-state index contributed by atoms with van der Waals surface area (Å²) < 4.78 is 9.68. The first-order chi connectivity index (χ1) is 9.67. The predicted molar refractivity (Wildman–Crippen MR) is 75.6 cm³/mol. The second-order valence-electron chi connectivity index (χ2n) is 4.28. The van der Waals surface area contributed by atoms with E-state index in [4.69, 9.17) is 4.74 Å². The third kappa shape index (κ3) is 5.73. The van der Waals surface area contributed by atoms with E-state index in [1.54, 1.807) is 14.0 Å². The van der Waals surface area contributed by atoms with Crippen LogP contribution in [0.3, 0.4) is 0 Å². The highest BCUT2D eigenvalue weighted by Crippen LogP contribution is 2.12. The molecule has 0 bridgehead atoms. The van der Waals surface area contributed by atoms with Crippen LogP contribution in [-0.2, 0) is 20.7 Å². The number of amides is 1. The molecule has 0 saturated carbocycles. The highest BCUT2D eigenvalue weighted by atomic mass is 16.5. The Bertz CT molecular complexity index is 428. The normalized spacial score (nSPS) is 9.90. The number of aryl methyl sites for hydroxylation is 1. The SMILES string of the molecule is CCOC(=O)C(=O)NCCCCc1ccc(OC)cc1. The topological polar surface area (TPSA) is 64.6 Å². The molecule has 1 rings (SSSR count). The Morgan fingerprint density at radius 1 is 1.15 bits per heavy atom. The third-order valence-corrected chi connectivity index (χ3v) is 2.80. The standard InChI is InChI=1S/C15H21NO4/c1-3-20-15(18)14(17)16-11-5-4-6-12-7-9-13(19-2)10-8-12/h7-10H,3-6,11H2,1-2H3,(H,16,17). The van der Waals surface area contributed by atoms with Crippen molar-refractivity contribution in [1.29, 1.82) is 0 Å². The lowest BCUT2D eigenvalue weighted by atomic mass is 10.1. The van der Waals surface area contributed by atoms with Gasteiger partial charge in [-0.15, -0.1) is 0 Å². The van der Waals surface area contributed by atoms with Crippen molar-refractivity contribution in [2.24, 2.45) is 0 Å². The molecule has 0 aliphatic rings.